The summed E-state index contributed by atoms with van der Waals surface area (Å²) in [5.41, 5.74) is 6.75. The second-order valence-electron chi connectivity index (χ2n) is 4.71. The van der Waals surface area contributed by atoms with E-state index in [2.05, 4.69) is 15.2 Å². The van der Waals surface area contributed by atoms with Gasteiger partial charge in [-0.05, 0) is 24.3 Å². The Hall–Kier alpha value is -2.54. The number of rotatable bonds is 2. The maximum absolute atomic E-state index is 12.4. The molecule has 0 radical (unpaired) electrons. The van der Waals surface area contributed by atoms with Crippen molar-refractivity contribution in [2.75, 3.05) is 25.4 Å². The van der Waals surface area contributed by atoms with Crippen LogP contribution in [0, 0.1) is 0 Å². The van der Waals surface area contributed by atoms with Crippen LogP contribution in [0.2, 0.25) is 0 Å². The minimum Gasteiger partial charge on any atom is -0.384 e. The quantitative estimate of drug-likeness (QED) is 0.871. The fourth-order valence-corrected chi connectivity index (χ4v) is 2.24. The van der Waals surface area contributed by atoms with Crippen LogP contribution in [0.25, 0.3) is 0 Å². The Balaban J connectivity index is 1.75. The molecule has 7 heteroatoms. The van der Waals surface area contributed by atoms with Crippen molar-refractivity contribution >= 4 is 11.7 Å². The lowest BCUT2D eigenvalue weighted by Crippen LogP contribution is -2.42. The van der Waals surface area contributed by atoms with E-state index < -0.39 is 0 Å². The summed E-state index contributed by atoms with van der Waals surface area (Å²) in [6, 6.07) is 8.73. The van der Waals surface area contributed by atoms with Crippen molar-refractivity contribution in [2.24, 2.45) is 0 Å². The van der Waals surface area contributed by atoms with E-state index in [0.717, 1.165) is 5.69 Å². The predicted octanol–water partition coefficient (Wildman–Crippen LogP) is 0.667. The molecule has 0 saturated carbocycles. The Bertz CT molecular complexity index is 634. The fourth-order valence-electron chi connectivity index (χ4n) is 2.24. The molecule has 3 rings (SSSR count). The third kappa shape index (κ3) is 2.97. The molecule has 1 aliphatic heterocycles. The Morgan fingerprint density at radius 2 is 2.24 bits per heavy atom. The predicted molar refractivity (Wildman–Crippen MR) is 75.3 cm³/mol. The molecule has 1 saturated heterocycles. The molecule has 1 fully saturated rings. The summed E-state index contributed by atoms with van der Waals surface area (Å²) < 4.78 is 5.69. The number of aromatic nitrogens is 3. The van der Waals surface area contributed by atoms with Gasteiger partial charge >= 0.3 is 0 Å². The summed E-state index contributed by atoms with van der Waals surface area (Å²) in [6.07, 6.45) is 1.26. The minimum absolute atomic E-state index is 0.152. The molecule has 0 aliphatic carbocycles. The largest absolute Gasteiger partial charge is 0.384 e. The first-order valence-corrected chi connectivity index (χ1v) is 6.65. The van der Waals surface area contributed by atoms with Crippen molar-refractivity contribution < 1.29 is 9.53 Å². The molecule has 1 aliphatic rings. The van der Waals surface area contributed by atoms with E-state index in [1.807, 2.05) is 12.1 Å². The molecule has 3 heterocycles. The third-order valence-electron chi connectivity index (χ3n) is 3.27. The summed E-state index contributed by atoms with van der Waals surface area (Å²) in [6.45, 7) is 1.40. The Labute approximate surface area is 121 Å². The SMILES string of the molecule is Nc1cccc([C@@H]2CN(C(=O)c3cccnn3)CCO2)n1. The molecule has 21 heavy (non-hydrogen) atoms. The van der Waals surface area contributed by atoms with Crippen LogP contribution in [0.5, 0.6) is 0 Å². The molecule has 2 N–H and O–H groups in total. The summed E-state index contributed by atoms with van der Waals surface area (Å²) >= 11 is 0. The number of nitrogens with two attached hydrogens (primary N) is 1. The van der Waals surface area contributed by atoms with Crippen LogP contribution < -0.4 is 5.73 Å². The first-order chi connectivity index (χ1) is 10.2. The van der Waals surface area contributed by atoms with Crippen LogP contribution in [0.1, 0.15) is 22.3 Å². The molecule has 108 valence electrons. The highest BCUT2D eigenvalue weighted by Gasteiger charge is 2.27. The first-order valence-electron chi connectivity index (χ1n) is 6.65. The topological polar surface area (TPSA) is 94.2 Å². The number of hydrogen-bond acceptors (Lipinski definition) is 6. The van der Waals surface area contributed by atoms with Crippen molar-refractivity contribution in [2.45, 2.75) is 6.10 Å². The zero-order valence-corrected chi connectivity index (χ0v) is 11.3. The molecule has 0 bridgehead atoms. The number of hydrogen-bond donors (Lipinski definition) is 1. The van der Waals surface area contributed by atoms with Crippen LogP contribution in [0.3, 0.4) is 0 Å². The molecule has 0 aromatic carbocycles. The molecule has 2 aromatic rings. The van der Waals surface area contributed by atoms with Gasteiger partial charge in [-0.25, -0.2) is 4.98 Å². The van der Waals surface area contributed by atoms with Crippen LogP contribution in [0.4, 0.5) is 5.82 Å². The van der Waals surface area contributed by atoms with Gasteiger partial charge < -0.3 is 15.4 Å². The van der Waals surface area contributed by atoms with Gasteiger partial charge in [0.05, 0.1) is 18.8 Å². The van der Waals surface area contributed by atoms with Gasteiger partial charge in [0.15, 0.2) is 5.69 Å². The first kappa shape index (κ1) is 13.4. The van der Waals surface area contributed by atoms with Gasteiger partial charge in [0.1, 0.15) is 11.9 Å². The highest BCUT2D eigenvalue weighted by atomic mass is 16.5. The van der Waals surface area contributed by atoms with Crippen molar-refractivity contribution in [1.82, 2.24) is 20.1 Å². The van der Waals surface area contributed by atoms with Crippen molar-refractivity contribution in [3.05, 3.63) is 47.9 Å². The molecule has 2 aromatic heterocycles. The van der Waals surface area contributed by atoms with Gasteiger partial charge in [0, 0.05) is 12.7 Å². The standard InChI is InChI=1S/C14H15N5O2/c15-13-5-1-3-10(17-13)12-9-19(7-8-21-12)14(20)11-4-2-6-16-18-11/h1-6,12H,7-9H2,(H2,15,17)/t12-/m0/s1. The number of pyridine rings is 1. The molecule has 7 nitrogen and oxygen atoms in total. The second-order valence-corrected chi connectivity index (χ2v) is 4.71. The average Bonchev–Trinajstić information content (AvgIpc) is 2.55. The summed E-state index contributed by atoms with van der Waals surface area (Å²) in [5, 5.41) is 7.58. The van der Waals surface area contributed by atoms with Gasteiger partial charge in [-0.15, -0.1) is 5.10 Å². The molecule has 0 unspecified atom stereocenters. The third-order valence-corrected chi connectivity index (χ3v) is 3.27. The van der Waals surface area contributed by atoms with E-state index in [1.165, 1.54) is 6.20 Å². The lowest BCUT2D eigenvalue weighted by Gasteiger charge is -2.32. The van der Waals surface area contributed by atoms with Crippen molar-refractivity contribution in [3.63, 3.8) is 0 Å². The van der Waals surface area contributed by atoms with E-state index >= 15 is 0 Å². The van der Waals surface area contributed by atoms with Gasteiger partial charge in [-0.2, -0.15) is 5.10 Å². The number of anilines is 1. The van der Waals surface area contributed by atoms with Crippen LogP contribution in [0.15, 0.2) is 36.5 Å². The van der Waals surface area contributed by atoms with E-state index in [4.69, 9.17) is 10.5 Å². The number of amides is 1. The van der Waals surface area contributed by atoms with Crippen molar-refractivity contribution in [3.8, 4) is 0 Å². The molecular formula is C14H15N5O2. The van der Waals surface area contributed by atoms with Gasteiger partial charge in [0.25, 0.3) is 5.91 Å². The lowest BCUT2D eigenvalue weighted by atomic mass is 10.1. The van der Waals surface area contributed by atoms with Crippen molar-refractivity contribution in [1.29, 1.82) is 0 Å². The average molecular weight is 285 g/mol. The van der Waals surface area contributed by atoms with Gasteiger partial charge in [-0.3, -0.25) is 4.79 Å². The number of morpholine rings is 1. The fraction of sp³-hybridized carbons (Fsp3) is 0.286. The molecule has 0 spiro atoms. The molecule has 1 amide bonds. The Kier molecular flexibility index (Phi) is 3.74. The van der Waals surface area contributed by atoms with E-state index in [-0.39, 0.29) is 12.0 Å². The maximum atomic E-state index is 12.4. The normalized spacial score (nSPS) is 18.5. The number of ether oxygens (including phenoxy) is 1. The number of carbonyl (C=O) groups is 1. The zero-order chi connectivity index (χ0) is 14.7. The van der Waals surface area contributed by atoms with Crippen LogP contribution in [-0.4, -0.2) is 45.7 Å². The molecule has 1 atom stereocenters. The summed E-state index contributed by atoms with van der Waals surface area (Å²) in [7, 11) is 0. The number of nitrogens with zero attached hydrogens (tertiary/aromatic N) is 4. The van der Waals surface area contributed by atoms with E-state index in [1.54, 1.807) is 23.1 Å². The van der Waals surface area contributed by atoms with Crippen LogP contribution in [-0.2, 0) is 4.74 Å². The number of nitrogen functional groups attached to an aromatic ring is 1. The van der Waals surface area contributed by atoms with Gasteiger partial charge in [0.2, 0.25) is 0 Å². The number of carbonyl (C=O) groups excluding carboxylic acids is 1. The zero-order valence-electron chi connectivity index (χ0n) is 11.3. The minimum atomic E-state index is -0.275. The Morgan fingerprint density at radius 3 is 3.00 bits per heavy atom. The van der Waals surface area contributed by atoms with E-state index in [0.29, 0.717) is 31.2 Å². The van der Waals surface area contributed by atoms with E-state index in [9.17, 15) is 4.79 Å². The highest BCUT2D eigenvalue weighted by molar-refractivity contribution is 5.92. The second kappa shape index (κ2) is 5.84. The van der Waals surface area contributed by atoms with Gasteiger partial charge in [-0.1, -0.05) is 6.07 Å². The highest BCUT2D eigenvalue weighted by Crippen LogP contribution is 2.22. The Morgan fingerprint density at radius 1 is 1.33 bits per heavy atom. The maximum Gasteiger partial charge on any atom is 0.274 e. The summed E-state index contributed by atoms with van der Waals surface area (Å²) in [4.78, 5) is 18.3. The molecular weight excluding hydrogens is 270 g/mol. The van der Waals surface area contributed by atoms with Crippen LogP contribution >= 0.6 is 0 Å². The monoisotopic (exact) mass is 285 g/mol. The summed E-state index contributed by atoms with van der Waals surface area (Å²) in [5.74, 6) is 0.286. The lowest BCUT2D eigenvalue weighted by molar-refractivity contribution is -0.0248. The smallest absolute Gasteiger partial charge is 0.274 e.